The lowest BCUT2D eigenvalue weighted by atomic mass is 10.1. The van der Waals surface area contributed by atoms with Crippen LogP contribution < -0.4 is 20.1 Å². The van der Waals surface area contributed by atoms with E-state index in [-0.39, 0.29) is 12.5 Å². The Morgan fingerprint density at radius 1 is 0.733 bits per heavy atom. The van der Waals surface area contributed by atoms with Crippen LogP contribution >= 0.6 is 0 Å². The Balaban J connectivity index is 1.68. The van der Waals surface area contributed by atoms with Crippen LogP contribution in [0, 0.1) is 0 Å². The van der Waals surface area contributed by atoms with Gasteiger partial charge in [-0.2, -0.15) is 0 Å². The van der Waals surface area contributed by atoms with Gasteiger partial charge in [0.1, 0.15) is 29.7 Å². The molecule has 0 aliphatic carbocycles. The topological polar surface area (TPSA) is 115 Å². The Morgan fingerprint density at radius 2 is 1.29 bits per heavy atom. The fourth-order valence-electron chi connectivity index (χ4n) is 4.48. The molecule has 0 aliphatic rings. The molecule has 242 valence electrons. The first kappa shape index (κ1) is 34.8. The fraction of sp³-hybridized carbons (Fsp3) is 0.400. The molecule has 0 saturated heterocycles. The predicted molar refractivity (Wildman–Crippen MR) is 172 cm³/mol. The van der Waals surface area contributed by atoms with E-state index in [2.05, 4.69) is 10.6 Å². The maximum absolute atomic E-state index is 14.1. The Labute approximate surface area is 266 Å². The molecule has 3 rings (SSSR count). The summed E-state index contributed by atoms with van der Waals surface area (Å²) in [6.07, 6.45) is 0.308. The van der Waals surface area contributed by atoms with E-state index in [1.807, 2.05) is 78.9 Å². The molecule has 2 N–H and O–H groups in total. The van der Waals surface area contributed by atoms with Crippen molar-refractivity contribution in [1.29, 1.82) is 0 Å². The van der Waals surface area contributed by atoms with E-state index in [0.29, 0.717) is 50.4 Å². The van der Waals surface area contributed by atoms with Gasteiger partial charge in [0.15, 0.2) is 0 Å². The van der Waals surface area contributed by atoms with E-state index in [9.17, 15) is 14.4 Å². The van der Waals surface area contributed by atoms with E-state index < -0.39 is 23.8 Å². The van der Waals surface area contributed by atoms with Gasteiger partial charge >= 0.3 is 12.2 Å². The SMILES string of the molecule is COc1ccc(CN(Cc2ccc(OC)cc2)C(=O)[C@H](CCCCNC(=O)OCc2ccccc2)NC(=O)OC(C)(C)C)cc1. The zero-order chi connectivity index (χ0) is 32.7. The summed E-state index contributed by atoms with van der Waals surface area (Å²) in [5, 5.41) is 5.54. The van der Waals surface area contributed by atoms with Gasteiger partial charge in [0.25, 0.3) is 0 Å². The van der Waals surface area contributed by atoms with Crippen molar-refractivity contribution in [3.63, 3.8) is 0 Å². The van der Waals surface area contributed by atoms with Crippen molar-refractivity contribution < 1.29 is 33.3 Å². The predicted octanol–water partition coefficient (Wildman–Crippen LogP) is 6.22. The first-order valence-electron chi connectivity index (χ1n) is 15.0. The van der Waals surface area contributed by atoms with Crippen LogP contribution in [0.3, 0.4) is 0 Å². The number of methoxy groups -OCH3 is 2. The van der Waals surface area contributed by atoms with Gasteiger partial charge in [-0.1, -0.05) is 54.6 Å². The number of nitrogens with one attached hydrogen (secondary N) is 2. The molecule has 0 bridgehead atoms. The second-order valence-corrected chi connectivity index (χ2v) is 11.6. The van der Waals surface area contributed by atoms with Gasteiger partial charge in [0.05, 0.1) is 14.2 Å². The third kappa shape index (κ3) is 12.8. The quantitative estimate of drug-likeness (QED) is 0.194. The summed E-state index contributed by atoms with van der Waals surface area (Å²) in [6, 6.07) is 23.6. The Bertz CT molecular complexity index is 1290. The van der Waals surface area contributed by atoms with Crippen LogP contribution in [-0.4, -0.2) is 55.4 Å². The highest BCUT2D eigenvalue weighted by molar-refractivity contribution is 5.85. The van der Waals surface area contributed by atoms with E-state index in [4.69, 9.17) is 18.9 Å². The molecule has 3 aromatic carbocycles. The van der Waals surface area contributed by atoms with Gasteiger partial charge in [-0.15, -0.1) is 0 Å². The molecule has 0 radical (unpaired) electrons. The fourth-order valence-corrected chi connectivity index (χ4v) is 4.48. The average molecular weight is 620 g/mol. The van der Waals surface area contributed by atoms with Gasteiger partial charge < -0.3 is 34.5 Å². The van der Waals surface area contributed by atoms with Crippen LogP contribution in [-0.2, 0) is 34.0 Å². The summed E-state index contributed by atoms with van der Waals surface area (Å²) in [7, 11) is 3.20. The minimum Gasteiger partial charge on any atom is -0.497 e. The van der Waals surface area contributed by atoms with Crippen LogP contribution in [0.15, 0.2) is 78.9 Å². The molecule has 10 nitrogen and oxygen atoms in total. The van der Waals surface area contributed by atoms with Gasteiger partial charge in [0.2, 0.25) is 5.91 Å². The summed E-state index contributed by atoms with van der Waals surface area (Å²) >= 11 is 0. The summed E-state index contributed by atoms with van der Waals surface area (Å²) < 4.78 is 21.3. The molecule has 0 aliphatic heterocycles. The van der Waals surface area contributed by atoms with Crippen molar-refractivity contribution in [3.8, 4) is 11.5 Å². The molecular weight excluding hydrogens is 574 g/mol. The molecule has 45 heavy (non-hydrogen) atoms. The molecule has 10 heteroatoms. The summed E-state index contributed by atoms with van der Waals surface area (Å²) in [5.41, 5.74) is 1.99. The zero-order valence-electron chi connectivity index (χ0n) is 26.8. The molecule has 3 aromatic rings. The van der Waals surface area contributed by atoms with Crippen molar-refractivity contribution in [1.82, 2.24) is 15.5 Å². The number of rotatable bonds is 15. The number of carbonyl (C=O) groups is 3. The summed E-state index contributed by atoms with van der Waals surface area (Å²) in [4.78, 5) is 40.8. The molecular formula is C35H45N3O7. The van der Waals surface area contributed by atoms with Gasteiger partial charge in [0, 0.05) is 19.6 Å². The van der Waals surface area contributed by atoms with Crippen molar-refractivity contribution >= 4 is 18.1 Å². The van der Waals surface area contributed by atoms with Gasteiger partial charge in [-0.25, -0.2) is 9.59 Å². The van der Waals surface area contributed by atoms with Crippen LogP contribution in [0.5, 0.6) is 11.5 Å². The smallest absolute Gasteiger partial charge is 0.408 e. The maximum atomic E-state index is 14.1. The number of amides is 3. The van der Waals surface area contributed by atoms with E-state index in [0.717, 1.165) is 16.7 Å². The van der Waals surface area contributed by atoms with Crippen molar-refractivity contribution in [2.45, 2.75) is 71.4 Å². The first-order valence-corrected chi connectivity index (χ1v) is 15.0. The number of nitrogens with zero attached hydrogens (tertiary/aromatic N) is 1. The van der Waals surface area contributed by atoms with Gasteiger partial charge in [-0.05, 0) is 81.0 Å². The highest BCUT2D eigenvalue weighted by Crippen LogP contribution is 2.19. The standard InChI is InChI=1S/C35H45N3O7/c1-35(2,3)45-34(41)37-31(13-9-10-22-36-33(40)44-25-28-11-7-6-8-12-28)32(39)38(23-26-14-18-29(42-4)19-15-26)24-27-16-20-30(43-5)21-17-27/h6-8,11-12,14-21,31H,9-10,13,22-25H2,1-5H3,(H,36,40)(H,37,41)/t31-/m0/s1. The number of hydrogen-bond donors (Lipinski definition) is 2. The lowest BCUT2D eigenvalue weighted by Gasteiger charge is -2.29. The second-order valence-electron chi connectivity index (χ2n) is 11.6. The minimum atomic E-state index is -0.846. The lowest BCUT2D eigenvalue weighted by Crippen LogP contribution is -2.49. The average Bonchev–Trinajstić information content (AvgIpc) is 3.02. The van der Waals surface area contributed by atoms with Gasteiger partial charge in [-0.3, -0.25) is 4.79 Å². The number of benzene rings is 3. The zero-order valence-corrected chi connectivity index (χ0v) is 26.8. The van der Waals surface area contributed by atoms with Crippen LogP contribution in [0.1, 0.15) is 56.7 Å². The highest BCUT2D eigenvalue weighted by Gasteiger charge is 2.28. The molecule has 0 spiro atoms. The first-order chi connectivity index (χ1) is 21.6. The molecule has 0 unspecified atom stereocenters. The van der Waals surface area contributed by atoms with Crippen molar-refractivity contribution in [2.24, 2.45) is 0 Å². The lowest BCUT2D eigenvalue weighted by molar-refractivity contribution is -0.135. The van der Waals surface area contributed by atoms with Crippen molar-refractivity contribution in [3.05, 3.63) is 95.6 Å². The Hall–Kier alpha value is -4.73. The molecule has 0 heterocycles. The summed E-state index contributed by atoms with van der Waals surface area (Å²) in [6.45, 7) is 6.48. The normalized spacial score (nSPS) is 11.6. The largest absolute Gasteiger partial charge is 0.497 e. The maximum Gasteiger partial charge on any atom is 0.408 e. The molecule has 0 fully saturated rings. The molecule has 0 saturated carbocycles. The monoisotopic (exact) mass is 619 g/mol. The Morgan fingerprint density at radius 3 is 1.80 bits per heavy atom. The van der Waals surface area contributed by atoms with Crippen LogP contribution in [0.25, 0.3) is 0 Å². The third-order valence-electron chi connectivity index (χ3n) is 6.77. The molecule has 3 amide bonds. The third-order valence-corrected chi connectivity index (χ3v) is 6.77. The van der Waals surface area contributed by atoms with E-state index in [1.165, 1.54) is 0 Å². The van der Waals surface area contributed by atoms with Crippen molar-refractivity contribution in [2.75, 3.05) is 20.8 Å². The minimum absolute atomic E-state index is 0.182. The number of unbranched alkanes of at least 4 members (excludes halogenated alkanes) is 1. The Kier molecular flexibility index (Phi) is 13.5. The highest BCUT2D eigenvalue weighted by atomic mass is 16.6. The number of carbonyl (C=O) groups excluding carboxylic acids is 3. The number of hydrogen-bond acceptors (Lipinski definition) is 7. The van der Waals surface area contributed by atoms with Crippen LogP contribution in [0.4, 0.5) is 9.59 Å². The van der Waals surface area contributed by atoms with E-state index in [1.54, 1.807) is 39.9 Å². The van der Waals surface area contributed by atoms with Crippen LogP contribution in [0.2, 0.25) is 0 Å². The number of ether oxygens (including phenoxy) is 4. The number of alkyl carbamates (subject to hydrolysis) is 2. The molecule has 1 atom stereocenters. The molecule has 0 aromatic heterocycles. The summed E-state index contributed by atoms with van der Waals surface area (Å²) in [5.74, 6) is 1.19. The van der Waals surface area contributed by atoms with E-state index >= 15 is 0 Å². The second kappa shape index (κ2) is 17.5.